The van der Waals surface area contributed by atoms with Gasteiger partial charge in [0.1, 0.15) is 18.1 Å². The molecule has 0 radical (unpaired) electrons. The summed E-state index contributed by atoms with van der Waals surface area (Å²) in [6.07, 6.45) is 1.07. The zero-order valence-electron chi connectivity index (χ0n) is 16.5. The van der Waals surface area contributed by atoms with Gasteiger partial charge in [0.05, 0.1) is 5.70 Å². The molecule has 3 heterocycles. The Morgan fingerprint density at radius 3 is 2.50 bits per heavy atom. The van der Waals surface area contributed by atoms with E-state index in [1.54, 1.807) is 12.4 Å². The van der Waals surface area contributed by atoms with E-state index >= 15 is 0 Å². The maximum atomic E-state index is 6.66. The molecule has 0 saturated heterocycles. The topological polar surface area (TPSA) is 52.0 Å². The van der Waals surface area contributed by atoms with E-state index in [1.165, 1.54) is 0 Å². The van der Waals surface area contributed by atoms with Crippen LogP contribution >= 0.6 is 34.8 Å². The number of rotatable bonds is 2. The number of benzene rings is 3. The van der Waals surface area contributed by atoms with Crippen LogP contribution in [0.2, 0.25) is 15.1 Å². The number of anilines is 1. The number of fused-ring (bicyclic) bond motifs is 3. The summed E-state index contributed by atoms with van der Waals surface area (Å²) < 4.78 is 8.43. The minimum absolute atomic E-state index is 0.256. The smallest absolute Gasteiger partial charge is 0.226 e. The SMILES string of the molecule is Clc1ccc([C@@H]2Oc3ccc(Cl)cc3C3=C2[C@H](c2ccccc2)n2ncnc2N3)c(Cl)c1. The zero-order chi connectivity index (χ0) is 21.8. The van der Waals surface area contributed by atoms with E-state index in [1.807, 2.05) is 53.2 Å². The number of hydrogen-bond donors (Lipinski definition) is 1. The summed E-state index contributed by atoms with van der Waals surface area (Å²) >= 11 is 19.2. The average Bonchev–Trinajstić information content (AvgIpc) is 3.26. The molecule has 1 N–H and O–H groups in total. The van der Waals surface area contributed by atoms with E-state index in [4.69, 9.17) is 39.5 Å². The first-order valence-corrected chi connectivity index (χ1v) is 11.1. The molecule has 8 heteroatoms. The first kappa shape index (κ1) is 19.7. The molecular weight excluding hydrogens is 467 g/mol. The van der Waals surface area contributed by atoms with Crippen LogP contribution in [0.15, 0.2) is 78.6 Å². The second-order valence-electron chi connectivity index (χ2n) is 7.60. The van der Waals surface area contributed by atoms with E-state index in [9.17, 15) is 0 Å². The highest BCUT2D eigenvalue weighted by Crippen LogP contribution is 2.51. The maximum absolute atomic E-state index is 6.66. The molecule has 0 bridgehead atoms. The summed E-state index contributed by atoms with van der Waals surface area (Å²) in [7, 11) is 0. The molecule has 6 rings (SSSR count). The quantitative estimate of drug-likeness (QED) is 0.342. The number of nitrogens with one attached hydrogen (secondary N) is 1. The summed E-state index contributed by atoms with van der Waals surface area (Å²) in [4.78, 5) is 4.44. The number of nitrogens with zero attached hydrogens (tertiary/aromatic N) is 3. The van der Waals surface area contributed by atoms with Crippen molar-refractivity contribution < 1.29 is 4.74 Å². The number of hydrogen-bond acceptors (Lipinski definition) is 4. The largest absolute Gasteiger partial charge is 0.480 e. The fraction of sp³-hybridized carbons (Fsp3) is 0.0833. The van der Waals surface area contributed by atoms with Crippen molar-refractivity contribution in [3.63, 3.8) is 0 Å². The molecule has 0 saturated carbocycles. The van der Waals surface area contributed by atoms with E-state index in [0.29, 0.717) is 26.8 Å². The Morgan fingerprint density at radius 2 is 1.69 bits per heavy atom. The first-order valence-electron chi connectivity index (χ1n) is 9.97. The van der Waals surface area contributed by atoms with Crippen LogP contribution in [0, 0.1) is 0 Å². The maximum Gasteiger partial charge on any atom is 0.226 e. The third kappa shape index (κ3) is 3.08. The van der Waals surface area contributed by atoms with Crippen LogP contribution < -0.4 is 10.1 Å². The lowest BCUT2D eigenvalue weighted by molar-refractivity contribution is 0.223. The molecule has 2 atom stereocenters. The van der Waals surface area contributed by atoms with Gasteiger partial charge in [0.25, 0.3) is 0 Å². The average molecular weight is 482 g/mol. The lowest BCUT2D eigenvalue weighted by atomic mass is 9.84. The van der Waals surface area contributed by atoms with Gasteiger partial charge < -0.3 is 10.1 Å². The van der Waals surface area contributed by atoms with Gasteiger partial charge in [-0.15, -0.1) is 0 Å². The molecular formula is C24H15Cl3N4O. The number of halogens is 3. The third-order valence-electron chi connectivity index (χ3n) is 5.74. The van der Waals surface area contributed by atoms with Gasteiger partial charge in [0.2, 0.25) is 5.95 Å². The van der Waals surface area contributed by atoms with Gasteiger partial charge in [-0.05, 0) is 35.9 Å². The van der Waals surface area contributed by atoms with Crippen LogP contribution in [0.4, 0.5) is 5.95 Å². The zero-order valence-corrected chi connectivity index (χ0v) is 18.7. The first-order chi connectivity index (χ1) is 15.6. The predicted molar refractivity (Wildman–Crippen MR) is 126 cm³/mol. The standard InChI is InChI=1S/C24H15Cl3N4O/c25-14-7-9-19-17(10-14)21-20(23(32-19)16-8-6-15(26)11-18(16)27)22(13-4-2-1-3-5-13)31-24(30-21)28-12-29-31/h1-12,22-23H,(H,28,29,30)/t22-,23-/m0/s1. The number of aromatic nitrogens is 3. The predicted octanol–water partition coefficient (Wildman–Crippen LogP) is 6.80. The van der Waals surface area contributed by atoms with Crippen molar-refractivity contribution in [1.82, 2.24) is 14.8 Å². The summed E-state index contributed by atoms with van der Waals surface area (Å²) in [5.74, 6) is 1.35. The second kappa shape index (κ2) is 7.55. The van der Waals surface area contributed by atoms with Crippen LogP contribution in [0.3, 0.4) is 0 Å². The van der Waals surface area contributed by atoms with Crippen molar-refractivity contribution in [2.45, 2.75) is 12.1 Å². The Balaban J connectivity index is 1.65. The summed E-state index contributed by atoms with van der Waals surface area (Å²) in [5.41, 5.74) is 4.59. The molecule has 0 unspecified atom stereocenters. The van der Waals surface area contributed by atoms with Crippen molar-refractivity contribution in [2.75, 3.05) is 5.32 Å². The highest BCUT2D eigenvalue weighted by Gasteiger charge is 2.41. The van der Waals surface area contributed by atoms with Crippen molar-refractivity contribution in [1.29, 1.82) is 0 Å². The molecule has 3 aromatic carbocycles. The lowest BCUT2D eigenvalue weighted by Gasteiger charge is -2.39. The lowest BCUT2D eigenvalue weighted by Crippen LogP contribution is -2.32. The Labute approximate surface area is 199 Å². The van der Waals surface area contributed by atoms with Crippen LogP contribution in [0.1, 0.15) is 28.8 Å². The summed E-state index contributed by atoms with van der Waals surface area (Å²) in [6, 6.07) is 20.9. The fourth-order valence-corrected chi connectivity index (χ4v) is 5.05. The highest BCUT2D eigenvalue weighted by molar-refractivity contribution is 6.35. The minimum Gasteiger partial charge on any atom is -0.480 e. The Morgan fingerprint density at radius 1 is 0.906 bits per heavy atom. The van der Waals surface area contributed by atoms with E-state index in [2.05, 4.69) is 27.5 Å². The van der Waals surface area contributed by atoms with E-state index in [-0.39, 0.29) is 6.04 Å². The molecule has 0 aliphatic carbocycles. The number of ether oxygens (including phenoxy) is 1. The van der Waals surface area contributed by atoms with Gasteiger partial charge in [0.15, 0.2) is 6.10 Å². The monoisotopic (exact) mass is 480 g/mol. The summed E-state index contributed by atoms with van der Waals surface area (Å²) in [5, 5.41) is 9.68. The Bertz CT molecular complexity index is 1380. The summed E-state index contributed by atoms with van der Waals surface area (Å²) in [6.45, 7) is 0. The van der Waals surface area contributed by atoms with Crippen LogP contribution in [0.25, 0.3) is 5.70 Å². The molecule has 0 fully saturated rings. The van der Waals surface area contributed by atoms with Gasteiger partial charge in [-0.2, -0.15) is 10.1 Å². The second-order valence-corrected chi connectivity index (χ2v) is 8.88. The van der Waals surface area contributed by atoms with Crippen molar-refractivity contribution in [3.8, 4) is 5.75 Å². The Kier molecular flexibility index (Phi) is 4.65. The van der Waals surface area contributed by atoms with Crippen molar-refractivity contribution >= 4 is 46.4 Å². The van der Waals surface area contributed by atoms with Gasteiger partial charge in [0, 0.05) is 31.8 Å². The van der Waals surface area contributed by atoms with Gasteiger partial charge >= 0.3 is 0 Å². The molecule has 2 aliphatic rings. The van der Waals surface area contributed by atoms with Gasteiger partial charge in [-0.1, -0.05) is 71.2 Å². The molecule has 158 valence electrons. The molecule has 0 spiro atoms. The normalized spacial score (nSPS) is 18.8. The molecule has 1 aromatic heterocycles. The third-order valence-corrected chi connectivity index (χ3v) is 6.53. The van der Waals surface area contributed by atoms with Gasteiger partial charge in [-0.25, -0.2) is 4.68 Å². The van der Waals surface area contributed by atoms with Crippen LogP contribution in [0.5, 0.6) is 5.75 Å². The molecule has 5 nitrogen and oxygen atoms in total. The molecule has 32 heavy (non-hydrogen) atoms. The van der Waals surface area contributed by atoms with Crippen LogP contribution in [-0.4, -0.2) is 14.8 Å². The minimum atomic E-state index is -0.474. The Hall–Kier alpha value is -2.99. The van der Waals surface area contributed by atoms with E-state index in [0.717, 1.165) is 28.0 Å². The molecule has 4 aromatic rings. The van der Waals surface area contributed by atoms with Crippen LogP contribution in [-0.2, 0) is 0 Å². The molecule has 0 amide bonds. The van der Waals surface area contributed by atoms with Crippen molar-refractivity contribution in [3.05, 3.63) is 110 Å². The molecule has 2 aliphatic heterocycles. The van der Waals surface area contributed by atoms with Crippen molar-refractivity contribution in [2.24, 2.45) is 0 Å². The van der Waals surface area contributed by atoms with Gasteiger partial charge in [-0.3, -0.25) is 0 Å². The fourth-order valence-electron chi connectivity index (χ4n) is 4.37. The van der Waals surface area contributed by atoms with E-state index < -0.39 is 6.10 Å². The highest BCUT2D eigenvalue weighted by atomic mass is 35.5.